The highest BCUT2D eigenvalue weighted by molar-refractivity contribution is 5.39. The molecular weight excluding hydrogens is 257 g/mol. The predicted molar refractivity (Wildman–Crippen MR) is 76.3 cm³/mol. The molecule has 2 aromatic carbocycles. The highest BCUT2D eigenvalue weighted by atomic mass is 19.1. The standard InChI is InChI=1S/C16H18FNO2/c1-11(18)13-6-7-16(14(17)10-13)20-15-5-3-2-4-12(15)8-9-19/h2-7,10-11,19H,8-9,18H2,1H3/t11-/m0/s1. The molecule has 0 aliphatic carbocycles. The Morgan fingerprint density at radius 3 is 2.60 bits per heavy atom. The van der Waals surface area contributed by atoms with Crippen LogP contribution in [-0.4, -0.2) is 11.7 Å². The second kappa shape index (κ2) is 6.50. The van der Waals surface area contributed by atoms with Gasteiger partial charge in [0.15, 0.2) is 11.6 Å². The fraction of sp³-hybridized carbons (Fsp3) is 0.250. The van der Waals surface area contributed by atoms with Crippen molar-refractivity contribution in [2.75, 3.05) is 6.61 Å². The Bertz CT molecular complexity index is 584. The van der Waals surface area contributed by atoms with E-state index in [9.17, 15) is 4.39 Å². The Morgan fingerprint density at radius 1 is 1.20 bits per heavy atom. The fourth-order valence-corrected chi connectivity index (χ4v) is 1.93. The normalized spacial score (nSPS) is 12.2. The Hall–Kier alpha value is -1.91. The summed E-state index contributed by atoms with van der Waals surface area (Å²) in [5.74, 6) is 0.257. The largest absolute Gasteiger partial charge is 0.454 e. The summed E-state index contributed by atoms with van der Waals surface area (Å²) in [6.45, 7) is 1.82. The average molecular weight is 275 g/mol. The molecule has 0 bridgehead atoms. The molecule has 0 unspecified atom stereocenters. The molecule has 4 heteroatoms. The van der Waals surface area contributed by atoms with Gasteiger partial charge in [-0.15, -0.1) is 0 Å². The third-order valence-electron chi connectivity index (χ3n) is 3.06. The van der Waals surface area contributed by atoms with E-state index >= 15 is 0 Å². The molecule has 3 N–H and O–H groups in total. The van der Waals surface area contributed by atoms with Gasteiger partial charge >= 0.3 is 0 Å². The predicted octanol–water partition coefficient (Wildman–Crippen LogP) is 3.17. The van der Waals surface area contributed by atoms with Gasteiger partial charge in [0.1, 0.15) is 5.75 Å². The fourth-order valence-electron chi connectivity index (χ4n) is 1.93. The van der Waals surface area contributed by atoms with Gasteiger partial charge in [-0.3, -0.25) is 0 Å². The topological polar surface area (TPSA) is 55.5 Å². The summed E-state index contributed by atoms with van der Waals surface area (Å²) in [5.41, 5.74) is 7.27. The molecule has 106 valence electrons. The first-order chi connectivity index (χ1) is 9.61. The molecule has 0 aliphatic rings. The van der Waals surface area contributed by atoms with Crippen LogP contribution in [0.25, 0.3) is 0 Å². The van der Waals surface area contributed by atoms with Crippen molar-refractivity contribution < 1.29 is 14.2 Å². The molecule has 0 heterocycles. The third kappa shape index (κ3) is 3.35. The van der Waals surface area contributed by atoms with Crippen LogP contribution in [0.15, 0.2) is 42.5 Å². The van der Waals surface area contributed by atoms with E-state index in [0.717, 1.165) is 11.1 Å². The molecule has 0 saturated heterocycles. The molecule has 0 spiro atoms. The summed E-state index contributed by atoms with van der Waals surface area (Å²) in [6.07, 6.45) is 0.468. The molecule has 0 aliphatic heterocycles. The van der Waals surface area contributed by atoms with Gasteiger partial charge in [0.05, 0.1) is 0 Å². The zero-order valence-electron chi connectivity index (χ0n) is 11.3. The lowest BCUT2D eigenvalue weighted by Crippen LogP contribution is -2.05. The monoisotopic (exact) mass is 275 g/mol. The molecule has 2 aromatic rings. The van der Waals surface area contributed by atoms with E-state index in [1.54, 1.807) is 25.1 Å². The molecule has 2 rings (SSSR count). The minimum absolute atomic E-state index is 0.0203. The Labute approximate surface area is 117 Å². The van der Waals surface area contributed by atoms with Crippen LogP contribution in [0.1, 0.15) is 24.1 Å². The number of para-hydroxylation sites is 1. The molecule has 0 amide bonds. The van der Waals surface area contributed by atoms with Gasteiger partial charge < -0.3 is 15.6 Å². The first kappa shape index (κ1) is 14.5. The highest BCUT2D eigenvalue weighted by Gasteiger charge is 2.10. The Kier molecular flexibility index (Phi) is 4.71. The van der Waals surface area contributed by atoms with Crippen molar-refractivity contribution in [3.05, 3.63) is 59.4 Å². The Morgan fingerprint density at radius 2 is 1.95 bits per heavy atom. The van der Waals surface area contributed by atoms with Gasteiger partial charge in [-0.1, -0.05) is 24.3 Å². The minimum atomic E-state index is -0.446. The van der Waals surface area contributed by atoms with E-state index in [4.69, 9.17) is 15.6 Å². The van der Waals surface area contributed by atoms with Crippen LogP contribution in [0, 0.1) is 5.82 Å². The molecule has 0 saturated carbocycles. The van der Waals surface area contributed by atoms with E-state index < -0.39 is 5.82 Å². The molecule has 3 nitrogen and oxygen atoms in total. The van der Waals surface area contributed by atoms with Crippen LogP contribution in [0.2, 0.25) is 0 Å². The third-order valence-corrected chi connectivity index (χ3v) is 3.06. The van der Waals surface area contributed by atoms with Crippen molar-refractivity contribution in [1.82, 2.24) is 0 Å². The van der Waals surface area contributed by atoms with Gasteiger partial charge in [0.25, 0.3) is 0 Å². The number of rotatable bonds is 5. The first-order valence-electron chi connectivity index (χ1n) is 6.53. The van der Waals surface area contributed by atoms with Crippen LogP contribution in [0.4, 0.5) is 4.39 Å². The molecule has 0 aromatic heterocycles. The molecular formula is C16H18FNO2. The van der Waals surface area contributed by atoms with Gasteiger partial charge in [-0.25, -0.2) is 4.39 Å². The van der Waals surface area contributed by atoms with Crippen molar-refractivity contribution in [1.29, 1.82) is 0 Å². The Balaban J connectivity index is 2.26. The number of aliphatic hydroxyl groups excluding tert-OH is 1. The summed E-state index contributed by atoms with van der Waals surface area (Å²) in [5, 5.41) is 9.02. The molecule has 1 atom stereocenters. The number of nitrogens with two attached hydrogens (primary N) is 1. The van der Waals surface area contributed by atoms with Crippen molar-refractivity contribution in [2.45, 2.75) is 19.4 Å². The number of ether oxygens (including phenoxy) is 1. The number of hydrogen-bond acceptors (Lipinski definition) is 3. The molecule has 20 heavy (non-hydrogen) atoms. The van der Waals surface area contributed by atoms with E-state index in [1.807, 2.05) is 18.2 Å². The summed E-state index contributed by atoms with van der Waals surface area (Å²) in [6, 6.07) is 11.7. The zero-order valence-corrected chi connectivity index (χ0v) is 11.3. The van der Waals surface area contributed by atoms with Gasteiger partial charge in [0, 0.05) is 12.6 Å². The molecule has 0 radical (unpaired) electrons. The first-order valence-corrected chi connectivity index (χ1v) is 6.53. The van der Waals surface area contributed by atoms with E-state index in [0.29, 0.717) is 12.2 Å². The number of aliphatic hydroxyl groups is 1. The number of benzene rings is 2. The van der Waals surface area contributed by atoms with E-state index in [-0.39, 0.29) is 18.4 Å². The summed E-state index contributed by atoms with van der Waals surface area (Å²) in [4.78, 5) is 0. The van der Waals surface area contributed by atoms with Gasteiger partial charge in [0.2, 0.25) is 0 Å². The van der Waals surface area contributed by atoms with E-state index in [2.05, 4.69) is 0 Å². The van der Waals surface area contributed by atoms with E-state index in [1.165, 1.54) is 6.07 Å². The summed E-state index contributed by atoms with van der Waals surface area (Å²) in [7, 11) is 0. The number of hydrogen-bond donors (Lipinski definition) is 2. The lowest BCUT2D eigenvalue weighted by molar-refractivity contribution is 0.297. The minimum Gasteiger partial charge on any atom is -0.454 e. The van der Waals surface area contributed by atoms with Crippen LogP contribution in [0.3, 0.4) is 0 Å². The summed E-state index contributed by atoms with van der Waals surface area (Å²) >= 11 is 0. The van der Waals surface area contributed by atoms with Gasteiger partial charge in [-0.05, 0) is 42.7 Å². The number of halogens is 1. The SMILES string of the molecule is C[C@H](N)c1ccc(Oc2ccccc2CCO)c(F)c1. The van der Waals surface area contributed by atoms with Crippen molar-refractivity contribution in [2.24, 2.45) is 5.73 Å². The van der Waals surface area contributed by atoms with Gasteiger partial charge in [-0.2, -0.15) is 0 Å². The van der Waals surface area contributed by atoms with Crippen molar-refractivity contribution in [3.8, 4) is 11.5 Å². The smallest absolute Gasteiger partial charge is 0.166 e. The highest BCUT2D eigenvalue weighted by Crippen LogP contribution is 2.29. The quantitative estimate of drug-likeness (QED) is 0.881. The maximum atomic E-state index is 14.0. The summed E-state index contributed by atoms with van der Waals surface area (Å²) < 4.78 is 19.6. The van der Waals surface area contributed by atoms with Crippen LogP contribution in [-0.2, 0) is 6.42 Å². The average Bonchev–Trinajstić information content (AvgIpc) is 2.43. The van der Waals surface area contributed by atoms with Crippen molar-refractivity contribution >= 4 is 0 Å². The van der Waals surface area contributed by atoms with Crippen molar-refractivity contribution in [3.63, 3.8) is 0 Å². The van der Waals surface area contributed by atoms with Crippen LogP contribution < -0.4 is 10.5 Å². The molecule has 0 fully saturated rings. The van der Waals surface area contributed by atoms with Crippen LogP contribution in [0.5, 0.6) is 11.5 Å². The lowest BCUT2D eigenvalue weighted by atomic mass is 10.1. The lowest BCUT2D eigenvalue weighted by Gasteiger charge is -2.12. The maximum Gasteiger partial charge on any atom is 0.166 e. The zero-order chi connectivity index (χ0) is 14.5. The maximum absolute atomic E-state index is 14.0. The second-order valence-electron chi connectivity index (χ2n) is 4.66. The van der Waals surface area contributed by atoms with Crippen LogP contribution >= 0.6 is 0 Å². The second-order valence-corrected chi connectivity index (χ2v) is 4.66.